The van der Waals surface area contributed by atoms with Crippen molar-refractivity contribution in [2.24, 2.45) is 5.92 Å². The van der Waals surface area contributed by atoms with Gasteiger partial charge in [0, 0.05) is 5.57 Å². The first-order chi connectivity index (χ1) is 4.20. The fourth-order valence-electron chi connectivity index (χ4n) is 0.883. The van der Waals surface area contributed by atoms with Crippen molar-refractivity contribution in [3.05, 3.63) is 12.2 Å². The van der Waals surface area contributed by atoms with Crippen LogP contribution in [0.4, 0.5) is 0 Å². The summed E-state index contributed by atoms with van der Waals surface area (Å²) in [5.74, 6) is 0.225. The Morgan fingerprint density at radius 3 is 2.89 bits per heavy atom. The number of hydrogen-bond donors (Lipinski definition) is 0. The number of rotatable bonds is 0. The highest BCUT2D eigenvalue weighted by Crippen LogP contribution is 2.16. The average Bonchev–Trinajstić information content (AvgIpc) is 1.80. The van der Waals surface area contributed by atoms with Crippen molar-refractivity contribution in [1.29, 1.82) is 0 Å². The summed E-state index contributed by atoms with van der Waals surface area (Å²) < 4.78 is 4.76. The Labute approximate surface area is 54.5 Å². The first kappa shape index (κ1) is 6.33. The zero-order chi connectivity index (χ0) is 6.85. The smallest absolute Gasteiger partial charge is 0.333 e. The lowest BCUT2D eigenvalue weighted by molar-refractivity contribution is -0.143. The van der Waals surface area contributed by atoms with Crippen LogP contribution in [0.5, 0.6) is 0 Å². The van der Waals surface area contributed by atoms with Gasteiger partial charge in [-0.1, -0.05) is 13.5 Å². The molecule has 2 nitrogen and oxygen atoms in total. The van der Waals surface area contributed by atoms with Crippen molar-refractivity contribution in [3.63, 3.8) is 0 Å². The molecule has 1 aliphatic heterocycles. The van der Waals surface area contributed by atoms with Crippen LogP contribution in [0, 0.1) is 5.92 Å². The van der Waals surface area contributed by atoms with Crippen molar-refractivity contribution >= 4 is 5.97 Å². The predicted octanol–water partition coefficient (Wildman–Crippen LogP) is 1.13. The Kier molecular flexibility index (Phi) is 1.56. The Balaban J connectivity index is 2.54. The molecule has 0 radical (unpaired) electrons. The molecule has 1 atom stereocenters. The van der Waals surface area contributed by atoms with Crippen molar-refractivity contribution in [2.75, 3.05) is 6.61 Å². The van der Waals surface area contributed by atoms with E-state index in [-0.39, 0.29) is 5.97 Å². The molecule has 0 bridgehead atoms. The summed E-state index contributed by atoms with van der Waals surface area (Å²) in [6, 6.07) is 0. The summed E-state index contributed by atoms with van der Waals surface area (Å²) in [5.41, 5.74) is 0.605. The van der Waals surface area contributed by atoms with Crippen LogP contribution in [-0.2, 0) is 9.53 Å². The number of hydrogen-bond acceptors (Lipinski definition) is 2. The summed E-state index contributed by atoms with van der Waals surface area (Å²) in [6.45, 7) is 6.16. The van der Waals surface area contributed by atoms with E-state index in [1.54, 1.807) is 0 Å². The highest BCUT2D eigenvalue weighted by Gasteiger charge is 2.19. The van der Waals surface area contributed by atoms with Crippen LogP contribution in [0.25, 0.3) is 0 Å². The minimum Gasteiger partial charge on any atom is -0.462 e. The van der Waals surface area contributed by atoms with Crippen LogP contribution in [0.3, 0.4) is 0 Å². The topological polar surface area (TPSA) is 26.3 Å². The largest absolute Gasteiger partial charge is 0.462 e. The van der Waals surface area contributed by atoms with E-state index in [1.807, 2.05) is 6.92 Å². The van der Waals surface area contributed by atoms with E-state index < -0.39 is 0 Å². The maximum absolute atomic E-state index is 10.6. The lowest BCUT2D eigenvalue weighted by atomic mass is 10.0. The molecule has 0 N–H and O–H groups in total. The van der Waals surface area contributed by atoms with Crippen LogP contribution in [-0.4, -0.2) is 12.6 Å². The van der Waals surface area contributed by atoms with Gasteiger partial charge in [-0.3, -0.25) is 0 Å². The lowest BCUT2D eigenvalue weighted by Crippen LogP contribution is -2.21. The van der Waals surface area contributed by atoms with Crippen molar-refractivity contribution < 1.29 is 9.53 Å². The molecule has 9 heavy (non-hydrogen) atoms. The molecule has 0 aromatic carbocycles. The van der Waals surface area contributed by atoms with Gasteiger partial charge in [0.05, 0.1) is 6.61 Å². The highest BCUT2D eigenvalue weighted by atomic mass is 16.5. The molecule has 0 aromatic heterocycles. The van der Waals surface area contributed by atoms with Crippen LogP contribution in [0.2, 0.25) is 0 Å². The third kappa shape index (κ3) is 1.31. The normalized spacial score (nSPS) is 27.9. The third-order valence-electron chi connectivity index (χ3n) is 1.38. The Bertz CT molecular complexity index is 149. The number of cyclic esters (lactones) is 1. The van der Waals surface area contributed by atoms with Gasteiger partial charge in [0.25, 0.3) is 0 Å². The predicted molar refractivity (Wildman–Crippen MR) is 33.9 cm³/mol. The van der Waals surface area contributed by atoms with E-state index in [1.165, 1.54) is 0 Å². The van der Waals surface area contributed by atoms with Gasteiger partial charge in [0.2, 0.25) is 0 Å². The molecule has 1 fully saturated rings. The fourth-order valence-corrected chi connectivity index (χ4v) is 0.883. The third-order valence-corrected chi connectivity index (χ3v) is 1.38. The number of carbonyl (C=O) groups is 1. The van der Waals surface area contributed by atoms with Crippen LogP contribution in [0.1, 0.15) is 13.3 Å². The maximum Gasteiger partial charge on any atom is 0.333 e. The molecular weight excluding hydrogens is 116 g/mol. The molecular formula is C7H10O2. The zero-order valence-electron chi connectivity index (χ0n) is 5.52. The summed E-state index contributed by atoms with van der Waals surface area (Å²) in [7, 11) is 0. The van der Waals surface area contributed by atoms with Crippen LogP contribution < -0.4 is 0 Å². The second kappa shape index (κ2) is 2.21. The van der Waals surface area contributed by atoms with Crippen molar-refractivity contribution in [3.8, 4) is 0 Å². The molecule has 1 rings (SSSR count). The minimum absolute atomic E-state index is 0.229. The molecule has 2 heteroatoms. The molecule has 0 amide bonds. The standard InChI is InChI=1S/C7H10O2/c1-5-3-6(2)7(8)9-4-5/h5H,2-4H2,1H3. The van der Waals surface area contributed by atoms with Gasteiger partial charge in [-0.15, -0.1) is 0 Å². The average molecular weight is 126 g/mol. The monoisotopic (exact) mass is 126 g/mol. The van der Waals surface area contributed by atoms with Gasteiger partial charge < -0.3 is 4.74 Å². The molecule has 0 aromatic rings. The summed E-state index contributed by atoms with van der Waals surface area (Å²) in [6.07, 6.45) is 0.791. The van der Waals surface area contributed by atoms with E-state index in [0.29, 0.717) is 18.1 Å². The number of ether oxygens (including phenoxy) is 1. The molecule has 50 valence electrons. The molecule has 1 heterocycles. The first-order valence-corrected chi connectivity index (χ1v) is 3.05. The molecule has 0 spiro atoms. The maximum atomic E-state index is 10.6. The molecule has 0 aliphatic carbocycles. The fraction of sp³-hybridized carbons (Fsp3) is 0.571. The molecule has 0 saturated carbocycles. The van der Waals surface area contributed by atoms with Crippen molar-refractivity contribution in [2.45, 2.75) is 13.3 Å². The molecule has 1 unspecified atom stereocenters. The Hall–Kier alpha value is -0.790. The number of carbonyl (C=O) groups excluding carboxylic acids is 1. The zero-order valence-corrected chi connectivity index (χ0v) is 5.52. The van der Waals surface area contributed by atoms with E-state index in [9.17, 15) is 4.79 Å². The summed E-state index contributed by atoms with van der Waals surface area (Å²) in [5, 5.41) is 0. The Morgan fingerprint density at radius 1 is 1.78 bits per heavy atom. The lowest BCUT2D eigenvalue weighted by Gasteiger charge is -2.18. The second-order valence-electron chi connectivity index (χ2n) is 2.51. The molecule has 1 aliphatic rings. The van der Waals surface area contributed by atoms with E-state index >= 15 is 0 Å². The first-order valence-electron chi connectivity index (χ1n) is 3.05. The number of esters is 1. The second-order valence-corrected chi connectivity index (χ2v) is 2.51. The quantitative estimate of drug-likeness (QED) is 0.359. The van der Waals surface area contributed by atoms with E-state index in [4.69, 9.17) is 4.74 Å². The minimum atomic E-state index is -0.229. The van der Waals surface area contributed by atoms with Gasteiger partial charge >= 0.3 is 5.97 Å². The van der Waals surface area contributed by atoms with Gasteiger partial charge in [-0.05, 0) is 12.3 Å². The van der Waals surface area contributed by atoms with Gasteiger partial charge in [0.15, 0.2) is 0 Å². The van der Waals surface area contributed by atoms with Crippen molar-refractivity contribution in [1.82, 2.24) is 0 Å². The van der Waals surface area contributed by atoms with Gasteiger partial charge in [0.1, 0.15) is 0 Å². The highest BCUT2D eigenvalue weighted by molar-refractivity contribution is 5.88. The molecule has 1 saturated heterocycles. The SMILES string of the molecule is C=C1CC(C)COC1=O. The van der Waals surface area contributed by atoms with Crippen LogP contribution in [0.15, 0.2) is 12.2 Å². The summed E-state index contributed by atoms with van der Waals surface area (Å²) in [4.78, 5) is 10.6. The Morgan fingerprint density at radius 2 is 2.44 bits per heavy atom. The van der Waals surface area contributed by atoms with E-state index in [0.717, 1.165) is 6.42 Å². The van der Waals surface area contributed by atoms with Gasteiger partial charge in [-0.25, -0.2) is 4.79 Å². The van der Waals surface area contributed by atoms with Crippen LogP contribution >= 0.6 is 0 Å². The summed E-state index contributed by atoms with van der Waals surface area (Å²) >= 11 is 0. The van der Waals surface area contributed by atoms with E-state index in [2.05, 4.69) is 6.58 Å². The van der Waals surface area contributed by atoms with Gasteiger partial charge in [-0.2, -0.15) is 0 Å².